The van der Waals surface area contributed by atoms with E-state index >= 15 is 0 Å². The summed E-state index contributed by atoms with van der Waals surface area (Å²) >= 11 is 0. The molecule has 0 spiro atoms. The van der Waals surface area contributed by atoms with Gasteiger partial charge in [0.1, 0.15) is 18.1 Å². The molecule has 1 aliphatic rings. The molecule has 1 aromatic heterocycles. The largest absolute Gasteiger partial charge is 0.493 e. The van der Waals surface area contributed by atoms with Gasteiger partial charge in [-0.1, -0.05) is 24.3 Å². The van der Waals surface area contributed by atoms with E-state index in [0.717, 1.165) is 39.8 Å². The van der Waals surface area contributed by atoms with Gasteiger partial charge in [-0.2, -0.15) is 0 Å². The Bertz CT molecular complexity index is 1360. The van der Waals surface area contributed by atoms with Crippen molar-refractivity contribution in [2.24, 2.45) is 0 Å². The summed E-state index contributed by atoms with van der Waals surface area (Å²) in [6, 6.07) is 15.6. The van der Waals surface area contributed by atoms with E-state index in [1.165, 1.54) is 0 Å². The lowest BCUT2D eigenvalue weighted by molar-refractivity contribution is 0.0880. The highest BCUT2D eigenvalue weighted by Crippen LogP contribution is 2.37. The molecule has 0 saturated heterocycles. The molecule has 0 N–H and O–H groups in total. The van der Waals surface area contributed by atoms with Crippen LogP contribution in [0, 0.1) is 6.92 Å². The number of fused-ring (bicyclic) bond motifs is 4. The van der Waals surface area contributed by atoms with Crippen LogP contribution in [0.5, 0.6) is 17.2 Å². The molecule has 31 heavy (non-hydrogen) atoms. The minimum atomic E-state index is -0.322. The fraction of sp³-hybridized carbons (Fsp3) is 0.240. The van der Waals surface area contributed by atoms with Crippen LogP contribution in [-0.2, 0) is 13.1 Å². The first-order valence-electron chi connectivity index (χ1n) is 10.1. The molecule has 0 aliphatic carbocycles. The number of ether oxygens (including phenoxy) is 3. The van der Waals surface area contributed by atoms with Crippen molar-refractivity contribution in [1.29, 1.82) is 0 Å². The van der Waals surface area contributed by atoms with E-state index in [9.17, 15) is 4.79 Å². The second-order valence-corrected chi connectivity index (χ2v) is 7.75. The Morgan fingerprint density at radius 1 is 0.968 bits per heavy atom. The van der Waals surface area contributed by atoms with Crippen molar-refractivity contribution in [3.8, 4) is 17.2 Å². The maximum atomic E-state index is 12.4. The number of hydrogen-bond donors (Lipinski definition) is 0. The van der Waals surface area contributed by atoms with E-state index in [1.807, 2.05) is 43.3 Å². The first kappa shape index (κ1) is 19.5. The van der Waals surface area contributed by atoms with Crippen LogP contribution in [0.4, 0.5) is 0 Å². The Morgan fingerprint density at radius 2 is 1.74 bits per heavy atom. The second kappa shape index (κ2) is 7.63. The molecule has 5 rings (SSSR count). The average Bonchev–Trinajstić information content (AvgIpc) is 2.80. The van der Waals surface area contributed by atoms with Crippen molar-refractivity contribution in [1.82, 2.24) is 4.90 Å². The molecule has 6 nitrogen and oxygen atoms in total. The Kier molecular flexibility index (Phi) is 4.79. The third-order valence-corrected chi connectivity index (χ3v) is 5.81. The highest BCUT2D eigenvalue weighted by atomic mass is 16.5. The molecule has 3 aromatic carbocycles. The van der Waals surface area contributed by atoms with Crippen molar-refractivity contribution >= 4 is 21.7 Å². The zero-order chi connectivity index (χ0) is 21.5. The van der Waals surface area contributed by atoms with Gasteiger partial charge in [0.25, 0.3) is 0 Å². The van der Waals surface area contributed by atoms with Gasteiger partial charge in [0.15, 0.2) is 11.5 Å². The summed E-state index contributed by atoms with van der Waals surface area (Å²) in [5, 5.41) is 2.42. The standard InChI is InChI=1S/C25H23NO5/c1-15-23-17(11-20-18-6-4-5-7-19(18)25(27)31-24(15)20)13-26(14-30-23)12-16-8-9-21(28-2)22(10-16)29-3/h4-11H,12-14H2,1-3H3. The maximum absolute atomic E-state index is 12.4. The van der Waals surface area contributed by atoms with Crippen LogP contribution in [0.3, 0.4) is 0 Å². The predicted molar refractivity (Wildman–Crippen MR) is 119 cm³/mol. The lowest BCUT2D eigenvalue weighted by Gasteiger charge is -2.30. The van der Waals surface area contributed by atoms with E-state index in [1.54, 1.807) is 20.3 Å². The minimum Gasteiger partial charge on any atom is -0.493 e. The highest BCUT2D eigenvalue weighted by Gasteiger charge is 2.23. The summed E-state index contributed by atoms with van der Waals surface area (Å²) in [6.07, 6.45) is 0. The van der Waals surface area contributed by atoms with Crippen molar-refractivity contribution in [2.45, 2.75) is 20.0 Å². The monoisotopic (exact) mass is 417 g/mol. The molecule has 4 aromatic rings. The molecule has 0 fully saturated rings. The zero-order valence-electron chi connectivity index (χ0n) is 17.7. The normalized spacial score (nSPS) is 13.8. The molecule has 0 atom stereocenters. The van der Waals surface area contributed by atoms with E-state index in [-0.39, 0.29) is 5.63 Å². The molecule has 0 radical (unpaired) electrons. The number of rotatable bonds is 4. The smallest absolute Gasteiger partial charge is 0.344 e. The number of benzene rings is 3. The number of hydrogen-bond acceptors (Lipinski definition) is 6. The second-order valence-electron chi connectivity index (χ2n) is 7.75. The highest BCUT2D eigenvalue weighted by molar-refractivity contribution is 6.06. The van der Waals surface area contributed by atoms with Crippen LogP contribution >= 0.6 is 0 Å². The van der Waals surface area contributed by atoms with Gasteiger partial charge in [0, 0.05) is 29.6 Å². The summed E-state index contributed by atoms with van der Waals surface area (Å²) in [7, 11) is 3.27. The van der Waals surface area contributed by atoms with Crippen LogP contribution in [0.2, 0.25) is 0 Å². The molecule has 0 saturated carbocycles. The Balaban J connectivity index is 1.52. The van der Waals surface area contributed by atoms with Crippen molar-refractivity contribution in [3.63, 3.8) is 0 Å². The van der Waals surface area contributed by atoms with E-state index < -0.39 is 0 Å². The van der Waals surface area contributed by atoms with Gasteiger partial charge in [0.05, 0.1) is 19.6 Å². The third-order valence-electron chi connectivity index (χ3n) is 5.81. The van der Waals surface area contributed by atoms with Crippen LogP contribution in [0.25, 0.3) is 21.7 Å². The molecule has 2 heterocycles. The Hall–Kier alpha value is -3.51. The summed E-state index contributed by atoms with van der Waals surface area (Å²) in [4.78, 5) is 14.6. The number of methoxy groups -OCH3 is 2. The van der Waals surface area contributed by atoms with Crippen molar-refractivity contribution in [3.05, 3.63) is 75.6 Å². The van der Waals surface area contributed by atoms with Gasteiger partial charge in [-0.05, 0) is 42.1 Å². The van der Waals surface area contributed by atoms with Crippen LogP contribution < -0.4 is 19.8 Å². The van der Waals surface area contributed by atoms with Gasteiger partial charge in [-0.3, -0.25) is 4.90 Å². The molecule has 6 heteroatoms. The fourth-order valence-electron chi connectivity index (χ4n) is 4.33. The topological polar surface area (TPSA) is 61.1 Å². The Morgan fingerprint density at radius 3 is 2.52 bits per heavy atom. The first-order valence-corrected chi connectivity index (χ1v) is 10.1. The number of nitrogens with zero attached hydrogens (tertiary/aromatic N) is 1. The summed E-state index contributed by atoms with van der Waals surface area (Å²) in [5.74, 6) is 2.22. The van der Waals surface area contributed by atoms with Gasteiger partial charge in [0.2, 0.25) is 0 Å². The SMILES string of the molecule is COc1ccc(CN2COc3c(cc4c(oc(=O)c5ccccc54)c3C)C2)cc1OC. The van der Waals surface area contributed by atoms with Crippen LogP contribution in [0.15, 0.2) is 57.7 Å². The Labute approximate surface area is 179 Å². The molecular formula is C25H23NO5. The van der Waals surface area contributed by atoms with E-state index in [4.69, 9.17) is 18.6 Å². The quantitative estimate of drug-likeness (QED) is 0.357. The lowest BCUT2D eigenvalue weighted by Crippen LogP contribution is -2.32. The van der Waals surface area contributed by atoms with Gasteiger partial charge < -0.3 is 18.6 Å². The summed E-state index contributed by atoms with van der Waals surface area (Å²) in [6.45, 7) is 3.84. The van der Waals surface area contributed by atoms with Gasteiger partial charge in [-0.15, -0.1) is 0 Å². The maximum Gasteiger partial charge on any atom is 0.344 e. The van der Waals surface area contributed by atoms with E-state index in [2.05, 4.69) is 11.0 Å². The molecule has 1 aliphatic heterocycles. The molecule has 0 amide bonds. The summed E-state index contributed by atoms with van der Waals surface area (Å²) < 4.78 is 22.5. The molecule has 0 unspecified atom stereocenters. The van der Waals surface area contributed by atoms with Crippen LogP contribution in [0.1, 0.15) is 16.7 Å². The van der Waals surface area contributed by atoms with Crippen molar-refractivity contribution in [2.75, 3.05) is 21.0 Å². The third kappa shape index (κ3) is 3.29. The first-order chi connectivity index (χ1) is 15.1. The van der Waals surface area contributed by atoms with Gasteiger partial charge >= 0.3 is 5.63 Å². The van der Waals surface area contributed by atoms with Crippen molar-refractivity contribution < 1.29 is 18.6 Å². The van der Waals surface area contributed by atoms with E-state index in [0.29, 0.717) is 35.7 Å². The summed E-state index contributed by atoms with van der Waals surface area (Å²) in [5.41, 5.74) is 3.32. The molecular weight excluding hydrogens is 394 g/mol. The van der Waals surface area contributed by atoms with Crippen LogP contribution in [-0.4, -0.2) is 25.9 Å². The zero-order valence-corrected chi connectivity index (χ0v) is 17.7. The predicted octanol–water partition coefficient (Wildman–Crippen LogP) is 4.62. The average molecular weight is 417 g/mol. The molecule has 158 valence electrons. The molecule has 0 bridgehead atoms. The number of aryl methyl sites for hydroxylation is 1. The fourth-order valence-corrected chi connectivity index (χ4v) is 4.33. The lowest BCUT2D eigenvalue weighted by atomic mass is 10.00. The van der Waals surface area contributed by atoms with Gasteiger partial charge in [-0.25, -0.2) is 4.79 Å². The minimum absolute atomic E-state index is 0.322.